The molecule has 2 aliphatic rings. The molecule has 0 aliphatic carbocycles. The zero-order chi connectivity index (χ0) is 22.4. The summed E-state index contributed by atoms with van der Waals surface area (Å²) in [4.78, 5) is 38.8. The van der Waals surface area contributed by atoms with Gasteiger partial charge < -0.3 is 10.4 Å². The van der Waals surface area contributed by atoms with Crippen LogP contribution in [0.3, 0.4) is 0 Å². The van der Waals surface area contributed by atoms with Crippen molar-refractivity contribution in [2.24, 2.45) is 7.05 Å². The molecule has 14 heteroatoms. The van der Waals surface area contributed by atoms with E-state index < -0.39 is 29.2 Å². The molecular formula is C17H17BrN6O4S3. The van der Waals surface area contributed by atoms with Gasteiger partial charge in [0.2, 0.25) is 0 Å². The second-order valence-corrected chi connectivity index (χ2v) is 11.2. The summed E-state index contributed by atoms with van der Waals surface area (Å²) in [5.41, 5.74) is 1.60. The summed E-state index contributed by atoms with van der Waals surface area (Å²) in [6, 6.07) is -0.797. The lowest BCUT2D eigenvalue weighted by Crippen LogP contribution is -2.70. The highest BCUT2D eigenvalue weighted by atomic mass is 79.9. The van der Waals surface area contributed by atoms with Crippen molar-refractivity contribution < 1.29 is 19.5 Å². The molecule has 1 saturated heterocycles. The minimum absolute atomic E-state index is 0.00876. The summed E-state index contributed by atoms with van der Waals surface area (Å²) in [6.07, 6.45) is 0. The third-order valence-electron chi connectivity index (χ3n) is 4.78. The zero-order valence-electron chi connectivity index (χ0n) is 16.6. The van der Waals surface area contributed by atoms with Gasteiger partial charge in [0, 0.05) is 18.6 Å². The molecule has 4 heterocycles. The van der Waals surface area contributed by atoms with Crippen LogP contribution in [-0.4, -0.2) is 70.7 Å². The van der Waals surface area contributed by atoms with Crippen molar-refractivity contribution in [3.05, 3.63) is 32.1 Å². The fraction of sp³-hybridized carbons (Fsp3) is 0.412. The number of nitrogens with zero attached hydrogens (tertiary/aromatic N) is 5. The smallest absolute Gasteiger partial charge is 0.352 e. The number of carboxylic acids is 1. The SMILES string of the molecule is Cc1nnc(SCC2=C(C(=O)O)N3C(=O)C(NC(=O)c4c(Br)c(C)nn4C)C3SC2)s1. The predicted octanol–water partition coefficient (Wildman–Crippen LogP) is 1.80. The first kappa shape index (κ1) is 22.3. The van der Waals surface area contributed by atoms with E-state index in [2.05, 4.69) is 36.5 Å². The maximum absolute atomic E-state index is 12.8. The summed E-state index contributed by atoms with van der Waals surface area (Å²) < 4.78 is 2.75. The molecule has 0 aromatic carbocycles. The van der Waals surface area contributed by atoms with Gasteiger partial charge in [-0.3, -0.25) is 19.2 Å². The zero-order valence-corrected chi connectivity index (χ0v) is 20.6. The van der Waals surface area contributed by atoms with Gasteiger partial charge in [0.25, 0.3) is 11.8 Å². The van der Waals surface area contributed by atoms with Crippen LogP contribution in [0.4, 0.5) is 0 Å². The number of hydrogen-bond acceptors (Lipinski definition) is 9. The normalized spacial score (nSPS) is 20.5. The van der Waals surface area contributed by atoms with E-state index in [0.717, 1.165) is 9.35 Å². The Morgan fingerprint density at radius 3 is 2.68 bits per heavy atom. The van der Waals surface area contributed by atoms with E-state index >= 15 is 0 Å². The number of fused-ring (bicyclic) bond motifs is 1. The lowest BCUT2D eigenvalue weighted by Gasteiger charge is -2.49. The summed E-state index contributed by atoms with van der Waals surface area (Å²) in [5.74, 6) is -1.19. The maximum Gasteiger partial charge on any atom is 0.352 e. The Morgan fingerprint density at radius 2 is 2.10 bits per heavy atom. The Hall–Kier alpha value is -1.90. The molecule has 2 aromatic rings. The molecule has 0 saturated carbocycles. The molecule has 1 fully saturated rings. The molecule has 2 aliphatic heterocycles. The molecule has 0 radical (unpaired) electrons. The highest BCUT2D eigenvalue weighted by Gasteiger charge is 2.54. The quantitative estimate of drug-likeness (QED) is 0.412. The van der Waals surface area contributed by atoms with Gasteiger partial charge in [-0.15, -0.1) is 22.0 Å². The van der Waals surface area contributed by atoms with Gasteiger partial charge in [0.05, 0.1) is 10.2 Å². The van der Waals surface area contributed by atoms with E-state index in [-0.39, 0.29) is 5.70 Å². The van der Waals surface area contributed by atoms with E-state index in [4.69, 9.17) is 0 Å². The highest BCUT2D eigenvalue weighted by Crippen LogP contribution is 2.42. The summed E-state index contributed by atoms with van der Waals surface area (Å²) in [5, 5.41) is 25.1. The standard InChI is InChI=1S/C17H17BrN6O4S3/c1-6-9(18)12(23(3)22-6)13(25)19-10-14(26)24-11(16(27)28)8(4-29-15(10)24)5-30-17-21-20-7(2)31-17/h10,15H,4-5H2,1-3H3,(H,19,25)(H,27,28). The first-order chi connectivity index (χ1) is 14.7. The largest absolute Gasteiger partial charge is 0.477 e. The number of nitrogens with one attached hydrogen (secondary N) is 1. The van der Waals surface area contributed by atoms with Crippen molar-refractivity contribution in [1.82, 2.24) is 30.2 Å². The number of rotatable bonds is 6. The monoisotopic (exact) mass is 544 g/mol. The Bertz CT molecular complexity index is 1130. The predicted molar refractivity (Wildman–Crippen MR) is 120 cm³/mol. The number of aliphatic carboxylic acids is 1. The van der Waals surface area contributed by atoms with E-state index in [1.165, 1.54) is 44.4 Å². The minimum atomic E-state index is -1.16. The first-order valence-electron chi connectivity index (χ1n) is 9.02. The van der Waals surface area contributed by atoms with Crippen molar-refractivity contribution in [2.75, 3.05) is 11.5 Å². The number of carboxylic acid groups (broad SMARTS) is 1. The molecule has 2 unspecified atom stereocenters. The molecule has 2 atom stereocenters. The van der Waals surface area contributed by atoms with Crippen LogP contribution in [0.5, 0.6) is 0 Å². The fourth-order valence-electron chi connectivity index (χ4n) is 3.37. The van der Waals surface area contributed by atoms with Crippen LogP contribution in [0.2, 0.25) is 0 Å². The number of hydrogen-bond donors (Lipinski definition) is 2. The van der Waals surface area contributed by atoms with Crippen molar-refractivity contribution in [1.29, 1.82) is 0 Å². The molecule has 0 bridgehead atoms. The van der Waals surface area contributed by atoms with Crippen molar-refractivity contribution in [2.45, 2.75) is 29.6 Å². The van der Waals surface area contributed by atoms with Crippen LogP contribution in [0.25, 0.3) is 0 Å². The summed E-state index contributed by atoms with van der Waals surface area (Å²) in [6.45, 7) is 3.61. The van der Waals surface area contributed by atoms with Crippen LogP contribution in [-0.2, 0) is 16.6 Å². The molecular weight excluding hydrogens is 528 g/mol. The third-order valence-corrected chi connectivity index (χ3v) is 9.13. The Morgan fingerprint density at radius 1 is 1.35 bits per heavy atom. The number of amides is 2. The Balaban J connectivity index is 1.50. The van der Waals surface area contributed by atoms with Gasteiger partial charge in [-0.05, 0) is 35.4 Å². The third kappa shape index (κ3) is 4.01. The van der Waals surface area contributed by atoms with E-state index in [0.29, 0.717) is 32.9 Å². The number of carbonyl (C=O) groups excluding carboxylic acids is 2. The molecule has 4 rings (SSSR count). The maximum atomic E-state index is 12.8. The van der Waals surface area contributed by atoms with Crippen LogP contribution in [0, 0.1) is 13.8 Å². The summed E-state index contributed by atoms with van der Waals surface area (Å²) in [7, 11) is 1.64. The fourth-order valence-corrected chi connectivity index (χ4v) is 7.19. The second kappa shape index (κ2) is 8.56. The van der Waals surface area contributed by atoms with Gasteiger partial charge in [-0.25, -0.2) is 4.79 Å². The molecule has 31 heavy (non-hydrogen) atoms. The van der Waals surface area contributed by atoms with Gasteiger partial charge in [-0.2, -0.15) is 5.10 Å². The van der Waals surface area contributed by atoms with Crippen molar-refractivity contribution in [3.8, 4) is 0 Å². The van der Waals surface area contributed by atoms with Crippen molar-refractivity contribution in [3.63, 3.8) is 0 Å². The number of halogens is 1. The molecule has 0 spiro atoms. The average Bonchev–Trinajstić information content (AvgIpc) is 3.25. The molecule has 10 nitrogen and oxygen atoms in total. The lowest BCUT2D eigenvalue weighted by molar-refractivity contribution is -0.148. The Labute approximate surface area is 198 Å². The molecule has 2 amide bonds. The number of carbonyl (C=O) groups is 3. The van der Waals surface area contributed by atoms with Gasteiger partial charge in [0.1, 0.15) is 27.8 Å². The van der Waals surface area contributed by atoms with E-state index in [1.54, 1.807) is 14.0 Å². The number of aromatic nitrogens is 4. The summed E-state index contributed by atoms with van der Waals surface area (Å²) >= 11 is 7.62. The van der Waals surface area contributed by atoms with Gasteiger partial charge in [-0.1, -0.05) is 23.1 Å². The van der Waals surface area contributed by atoms with E-state index in [1.807, 2.05) is 6.92 Å². The topological polar surface area (TPSA) is 130 Å². The highest BCUT2D eigenvalue weighted by molar-refractivity contribution is 9.10. The average molecular weight is 545 g/mol. The van der Waals surface area contributed by atoms with Gasteiger partial charge >= 0.3 is 5.97 Å². The number of aryl methyl sites for hydroxylation is 3. The van der Waals surface area contributed by atoms with Gasteiger partial charge in [0.15, 0.2) is 4.34 Å². The first-order valence-corrected chi connectivity index (χ1v) is 12.7. The van der Waals surface area contributed by atoms with Crippen LogP contribution in [0.1, 0.15) is 21.2 Å². The lowest BCUT2D eigenvalue weighted by atomic mass is 10.0. The van der Waals surface area contributed by atoms with Crippen LogP contribution < -0.4 is 5.32 Å². The van der Waals surface area contributed by atoms with Crippen LogP contribution in [0.15, 0.2) is 20.1 Å². The number of β-lactam (4-membered cyclic amide) rings is 1. The van der Waals surface area contributed by atoms with Crippen molar-refractivity contribution >= 4 is 68.6 Å². The Kier molecular flexibility index (Phi) is 6.16. The second-order valence-electron chi connectivity index (χ2n) is 6.87. The minimum Gasteiger partial charge on any atom is -0.477 e. The molecule has 2 N–H and O–H groups in total. The van der Waals surface area contributed by atoms with Crippen LogP contribution >= 0.6 is 50.8 Å². The van der Waals surface area contributed by atoms with E-state index in [9.17, 15) is 19.5 Å². The number of thioether (sulfide) groups is 2. The molecule has 2 aromatic heterocycles. The molecule has 164 valence electrons.